The number of benzene rings is 12. The molecule has 12 aromatic carbocycles. The van der Waals surface area contributed by atoms with Crippen molar-refractivity contribution in [3.63, 3.8) is 0 Å². The van der Waals surface area contributed by atoms with Crippen molar-refractivity contribution in [2.75, 3.05) is 0 Å². The minimum absolute atomic E-state index is 0.533. The second kappa shape index (κ2) is 17.6. The lowest BCUT2D eigenvalue weighted by molar-refractivity contribution is 0.668. The van der Waals surface area contributed by atoms with Gasteiger partial charge in [-0.25, -0.2) is 15.0 Å². The van der Waals surface area contributed by atoms with Gasteiger partial charge >= 0.3 is 0 Å². The van der Waals surface area contributed by atoms with Crippen molar-refractivity contribution in [3.8, 4) is 67.8 Å². The Morgan fingerprint density at radius 3 is 1.48 bits per heavy atom. The Hall–Kier alpha value is -11.4. The van der Waals surface area contributed by atoms with E-state index in [0.29, 0.717) is 17.5 Å². The highest BCUT2D eigenvalue weighted by Crippen LogP contribution is 2.44. The summed E-state index contributed by atoms with van der Waals surface area (Å²) in [5, 5.41) is 10.9. The van der Waals surface area contributed by atoms with E-state index in [4.69, 9.17) is 28.2 Å². The van der Waals surface area contributed by atoms with Crippen LogP contribution in [0.4, 0.5) is 0 Å². The zero-order valence-electron chi connectivity index (χ0n) is 44.3. The van der Waals surface area contributed by atoms with Gasteiger partial charge in [0.15, 0.2) is 17.5 Å². The van der Waals surface area contributed by atoms with Crippen LogP contribution < -0.4 is 0 Å². The molecule has 0 radical (unpaired) electrons. The van der Waals surface area contributed by atoms with Crippen molar-refractivity contribution in [3.05, 3.63) is 261 Å². The molecule has 18 aromatic rings. The quantitative estimate of drug-likeness (QED) is 0.158. The van der Waals surface area contributed by atoms with E-state index in [0.717, 1.165) is 127 Å². The lowest BCUT2D eigenvalue weighted by Crippen LogP contribution is -2.00. The first kappa shape index (κ1) is 45.5. The van der Waals surface area contributed by atoms with Crippen molar-refractivity contribution >= 4 is 109 Å². The third-order valence-electron chi connectivity index (χ3n) is 16.8. The minimum Gasteiger partial charge on any atom is -0.456 e. The molecule has 0 saturated heterocycles. The van der Waals surface area contributed by atoms with E-state index in [1.807, 2.05) is 42.5 Å². The van der Waals surface area contributed by atoms with Crippen LogP contribution >= 0.6 is 0 Å². The molecule has 0 fully saturated rings. The molecule has 8 heteroatoms. The number of hydrogen-bond donors (Lipinski definition) is 0. The maximum Gasteiger partial charge on any atom is 0.164 e. The molecule has 0 aliphatic carbocycles. The Morgan fingerprint density at radius 2 is 0.723 bits per heavy atom. The highest BCUT2D eigenvalue weighted by Gasteiger charge is 2.22. The molecule has 0 aliphatic rings. The minimum atomic E-state index is 0.533. The highest BCUT2D eigenvalue weighted by atomic mass is 16.3. The van der Waals surface area contributed by atoms with E-state index in [9.17, 15) is 0 Å². The van der Waals surface area contributed by atoms with Gasteiger partial charge in [-0.1, -0.05) is 152 Å². The van der Waals surface area contributed by atoms with Gasteiger partial charge in [-0.15, -0.1) is 0 Å². The summed E-state index contributed by atoms with van der Waals surface area (Å²) in [7, 11) is 0. The van der Waals surface area contributed by atoms with Crippen LogP contribution in [-0.4, -0.2) is 24.1 Å². The van der Waals surface area contributed by atoms with E-state index in [1.54, 1.807) is 0 Å². The van der Waals surface area contributed by atoms with Crippen molar-refractivity contribution in [2.24, 2.45) is 0 Å². The van der Waals surface area contributed by atoms with Crippen LogP contribution in [0.15, 0.2) is 274 Å². The molecule has 0 aliphatic heterocycles. The molecule has 0 saturated carbocycles. The molecular weight excluding hydrogens is 1020 g/mol. The molecule has 386 valence electrons. The fourth-order valence-electron chi connectivity index (χ4n) is 13.0. The van der Waals surface area contributed by atoms with Crippen LogP contribution in [-0.2, 0) is 0 Å². The number of fused-ring (bicyclic) bond motifs is 15. The van der Waals surface area contributed by atoms with Gasteiger partial charge in [-0.05, 0) is 131 Å². The van der Waals surface area contributed by atoms with Gasteiger partial charge in [0.2, 0.25) is 0 Å². The molecule has 0 atom stereocenters. The lowest BCUT2D eigenvalue weighted by atomic mass is 9.96. The summed E-state index contributed by atoms with van der Waals surface area (Å²) in [4.78, 5) is 15.7. The summed E-state index contributed by atoms with van der Waals surface area (Å²) in [5.41, 5.74) is 18.5. The van der Waals surface area contributed by atoms with Gasteiger partial charge in [0.25, 0.3) is 0 Å². The summed E-state index contributed by atoms with van der Waals surface area (Å²) in [6.45, 7) is 0. The molecule has 0 unspecified atom stereocenters. The number of rotatable bonds is 7. The van der Waals surface area contributed by atoms with E-state index in [1.165, 1.54) is 32.6 Å². The molecular formula is C75H43N5O3. The zero-order chi connectivity index (χ0) is 54.3. The first-order valence-electron chi connectivity index (χ1n) is 27.9. The third-order valence-corrected chi connectivity index (χ3v) is 16.8. The third kappa shape index (κ3) is 6.96. The van der Waals surface area contributed by atoms with E-state index in [2.05, 4.69) is 228 Å². The van der Waals surface area contributed by atoms with Crippen molar-refractivity contribution in [1.82, 2.24) is 24.1 Å². The first-order valence-corrected chi connectivity index (χ1v) is 27.9. The molecule has 0 amide bonds. The lowest BCUT2D eigenvalue weighted by Gasteiger charge is -2.09. The molecule has 18 rings (SSSR count). The Balaban J connectivity index is 0.738. The first-order chi connectivity index (χ1) is 41.1. The number of nitrogens with zero attached hydrogens (tertiary/aromatic N) is 5. The maximum absolute atomic E-state index is 6.74. The Kier molecular flexibility index (Phi) is 9.64. The number of para-hydroxylation sites is 4. The van der Waals surface area contributed by atoms with Gasteiger partial charge in [0.05, 0.1) is 22.1 Å². The molecule has 0 N–H and O–H groups in total. The number of furan rings is 3. The Labute approximate surface area is 473 Å². The average molecular weight is 1060 g/mol. The largest absolute Gasteiger partial charge is 0.456 e. The summed E-state index contributed by atoms with van der Waals surface area (Å²) in [5.74, 6) is 1.63. The fourth-order valence-corrected chi connectivity index (χ4v) is 13.0. The normalized spacial score (nSPS) is 12.1. The highest BCUT2D eigenvalue weighted by molar-refractivity contribution is 6.17. The summed E-state index contributed by atoms with van der Waals surface area (Å²) in [6, 6.07) is 91.4. The summed E-state index contributed by atoms with van der Waals surface area (Å²) in [6.07, 6.45) is 0. The van der Waals surface area contributed by atoms with Crippen LogP contribution in [0.3, 0.4) is 0 Å². The predicted octanol–water partition coefficient (Wildman–Crippen LogP) is 20.1. The van der Waals surface area contributed by atoms with Gasteiger partial charge in [0, 0.05) is 81.9 Å². The second-order valence-electron chi connectivity index (χ2n) is 21.4. The maximum atomic E-state index is 6.74. The molecule has 0 spiro atoms. The fraction of sp³-hybridized carbons (Fsp3) is 0. The average Bonchev–Trinajstić information content (AvgIpc) is 4.07. The van der Waals surface area contributed by atoms with E-state index in [-0.39, 0.29) is 0 Å². The molecule has 6 heterocycles. The van der Waals surface area contributed by atoms with Gasteiger partial charge in [0.1, 0.15) is 33.5 Å². The van der Waals surface area contributed by atoms with Gasteiger partial charge in [-0.2, -0.15) is 0 Å². The van der Waals surface area contributed by atoms with Crippen LogP contribution in [0.1, 0.15) is 0 Å². The van der Waals surface area contributed by atoms with Crippen LogP contribution in [0, 0.1) is 0 Å². The Morgan fingerprint density at radius 1 is 0.229 bits per heavy atom. The standard InChI is InChI=1S/C75H43N5O3/c1-3-15-44(16-4-1)73-76-74(48-30-34-55-59-43-50(33-38-65(59)82-69(55)42-48)80-61-24-10-7-19-52(61)53-20-8-11-25-62(53)80)78-75(77-73)57-23-14-28-68-72(57)60-40-47(32-37-66(60)81-68)51-22-13-27-67-71(51)56-35-29-46(41-70(56)83-67)45-31-36-64-58(39-45)54-21-9-12-26-63(54)79(64)49-17-5-2-6-18-49/h1-43H. The molecule has 0 bridgehead atoms. The Bertz CT molecular complexity index is 5650. The van der Waals surface area contributed by atoms with Gasteiger partial charge in [-0.3, -0.25) is 0 Å². The van der Waals surface area contributed by atoms with Crippen molar-refractivity contribution in [1.29, 1.82) is 0 Å². The zero-order valence-corrected chi connectivity index (χ0v) is 44.3. The number of hydrogen-bond acceptors (Lipinski definition) is 6. The molecule has 6 aromatic heterocycles. The van der Waals surface area contributed by atoms with E-state index < -0.39 is 0 Å². The summed E-state index contributed by atoms with van der Waals surface area (Å²) >= 11 is 0. The molecule has 8 nitrogen and oxygen atoms in total. The smallest absolute Gasteiger partial charge is 0.164 e. The van der Waals surface area contributed by atoms with Crippen LogP contribution in [0.5, 0.6) is 0 Å². The molecule has 83 heavy (non-hydrogen) atoms. The van der Waals surface area contributed by atoms with E-state index >= 15 is 0 Å². The predicted molar refractivity (Wildman–Crippen MR) is 338 cm³/mol. The summed E-state index contributed by atoms with van der Waals surface area (Å²) < 4.78 is 24.7. The van der Waals surface area contributed by atoms with Crippen molar-refractivity contribution < 1.29 is 13.3 Å². The van der Waals surface area contributed by atoms with Gasteiger partial charge < -0.3 is 22.4 Å². The topological polar surface area (TPSA) is 88.0 Å². The van der Waals surface area contributed by atoms with Crippen molar-refractivity contribution in [2.45, 2.75) is 0 Å². The second-order valence-corrected chi connectivity index (χ2v) is 21.4. The monoisotopic (exact) mass is 1060 g/mol. The number of aromatic nitrogens is 5. The SMILES string of the molecule is c1ccc(-c2nc(-c3ccc4c(c3)oc3ccc(-n5c6ccccc6c6ccccc65)cc34)nc(-c3cccc4oc5ccc(-c6cccc7oc8cc(-c9ccc%10c(c9)c9ccccc9n%10-c9ccccc9)ccc8c67)cc5c34)n2)cc1. The van der Waals surface area contributed by atoms with Crippen LogP contribution in [0.2, 0.25) is 0 Å². The van der Waals surface area contributed by atoms with Crippen LogP contribution in [0.25, 0.3) is 177 Å².